The first-order valence-electron chi connectivity index (χ1n) is 5.19. The molecule has 3 heteroatoms. The van der Waals surface area contributed by atoms with Gasteiger partial charge in [0.2, 0.25) is 0 Å². The molecule has 0 aliphatic heterocycles. The van der Waals surface area contributed by atoms with Gasteiger partial charge >= 0.3 is 5.97 Å². The fourth-order valence-electron chi connectivity index (χ4n) is 0.994. The largest absolute Gasteiger partial charge is 0.463 e. The second-order valence-corrected chi connectivity index (χ2v) is 3.04. The SMILES string of the molecule is C=C/C=C(\C=C/C)NCC(=C)C(=O)OCC. The van der Waals surface area contributed by atoms with Crippen LogP contribution in [0.15, 0.2) is 48.7 Å². The molecule has 88 valence electrons. The Bertz CT molecular complexity index is 314. The lowest BCUT2D eigenvalue weighted by Gasteiger charge is -2.08. The lowest BCUT2D eigenvalue weighted by molar-refractivity contribution is -0.138. The summed E-state index contributed by atoms with van der Waals surface area (Å²) in [5, 5.41) is 3.06. The third-order valence-corrected chi connectivity index (χ3v) is 1.71. The highest BCUT2D eigenvalue weighted by Gasteiger charge is 2.06. The third kappa shape index (κ3) is 5.86. The minimum Gasteiger partial charge on any atom is -0.463 e. The smallest absolute Gasteiger partial charge is 0.335 e. The van der Waals surface area contributed by atoms with E-state index in [0.29, 0.717) is 18.7 Å². The minimum atomic E-state index is -0.367. The normalized spacial score (nSPS) is 11.2. The van der Waals surface area contributed by atoms with Crippen LogP contribution in [0.3, 0.4) is 0 Å². The summed E-state index contributed by atoms with van der Waals surface area (Å²) in [6, 6.07) is 0. The molecule has 0 bridgehead atoms. The Hall–Kier alpha value is -1.77. The fraction of sp³-hybridized carbons (Fsp3) is 0.308. The fourth-order valence-corrected chi connectivity index (χ4v) is 0.994. The predicted octanol–water partition coefficient (Wildman–Crippen LogP) is 2.34. The number of carbonyl (C=O) groups excluding carboxylic acids is 1. The summed E-state index contributed by atoms with van der Waals surface area (Å²) in [5.74, 6) is -0.367. The molecule has 0 rings (SSSR count). The van der Waals surface area contributed by atoms with E-state index in [2.05, 4.69) is 18.5 Å². The molecule has 0 saturated carbocycles. The Morgan fingerprint density at radius 3 is 2.69 bits per heavy atom. The van der Waals surface area contributed by atoms with Gasteiger partial charge in [-0.05, 0) is 26.0 Å². The van der Waals surface area contributed by atoms with Crippen LogP contribution in [0.2, 0.25) is 0 Å². The molecule has 0 aliphatic rings. The maximum Gasteiger partial charge on any atom is 0.335 e. The highest BCUT2D eigenvalue weighted by Crippen LogP contribution is 1.97. The van der Waals surface area contributed by atoms with Gasteiger partial charge in [0.1, 0.15) is 0 Å². The Morgan fingerprint density at radius 1 is 1.50 bits per heavy atom. The van der Waals surface area contributed by atoms with E-state index in [0.717, 1.165) is 5.70 Å². The maximum atomic E-state index is 11.3. The summed E-state index contributed by atoms with van der Waals surface area (Å²) in [6.07, 6.45) is 7.28. The zero-order valence-electron chi connectivity index (χ0n) is 9.95. The first-order chi connectivity index (χ1) is 7.65. The first kappa shape index (κ1) is 14.2. The van der Waals surface area contributed by atoms with Crippen LogP contribution in [0.5, 0.6) is 0 Å². The Balaban J connectivity index is 4.21. The number of ether oxygens (including phenoxy) is 1. The number of nitrogens with one attached hydrogen (secondary N) is 1. The molecule has 0 aromatic rings. The van der Waals surface area contributed by atoms with E-state index < -0.39 is 0 Å². The van der Waals surface area contributed by atoms with Crippen molar-refractivity contribution in [3.63, 3.8) is 0 Å². The Morgan fingerprint density at radius 2 is 2.19 bits per heavy atom. The molecule has 3 nitrogen and oxygen atoms in total. The number of allylic oxidation sites excluding steroid dienone is 4. The van der Waals surface area contributed by atoms with E-state index in [4.69, 9.17) is 4.74 Å². The van der Waals surface area contributed by atoms with Crippen molar-refractivity contribution in [2.75, 3.05) is 13.2 Å². The van der Waals surface area contributed by atoms with Gasteiger partial charge in [0.15, 0.2) is 0 Å². The van der Waals surface area contributed by atoms with E-state index in [-0.39, 0.29) is 5.97 Å². The van der Waals surface area contributed by atoms with E-state index in [1.165, 1.54) is 0 Å². The zero-order chi connectivity index (χ0) is 12.4. The maximum absolute atomic E-state index is 11.3. The summed E-state index contributed by atoms with van der Waals surface area (Å²) >= 11 is 0. The van der Waals surface area contributed by atoms with Crippen molar-refractivity contribution >= 4 is 5.97 Å². The Labute approximate surface area is 97.2 Å². The number of esters is 1. The molecule has 1 N–H and O–H groups in total. The molecule has 0 aliphatic carbocycles. The van der Waals surface area contributed by atoms with Gasteiger partial charge in [-0.25, -0.2) is 4.79 Å². The van der Waals surface area contributed by atoms with Crippen molar-refractivity contribution in [1.82, 2.24) is 5.32 Å². The summed E-state index contributed by atoms with van der Waals surface area (Å²) < 4.78 is 4.82. The molecule has 0 saturated heterocycles. The number of carbonyl (C=O) groups is 1. The van der Waals surface area contributed by atoms with Gasteiger partial charge in [-0.15, -0.1) is 0 Å². The molecule has 0 atom stereocenters. The second kappa shape index (κ2) is 8.53. The topological polar surface area (TPSA) is 38.3 Å². The first-order valence-corrected chi connectivity index (χ1v) is 5.19. The third-order valence-electron chi connectivity index (χ3n) is 1.71. The van der Waals surface area contributed by atoms with Crippen LogP contribution in [0.25, 0.3) is 0 Å². The highest BCUT2D eigenvalue weighted by molar-refractivity contribution is 5.88. The van der Waals surface area contributed by atoms with Crippen molar-refractivity contribution in [2.24, 2.45) is 0 Å². The van der Waals surface area contributed by atoms with Crippen molar-refractivity contribution < 1.29 is 9.53 Å². The zero-order valence-corrected chi connectivity index (χ0v) is 9.95. The quantitative estimate of drug-likeness (QED) is 0.407. The summed E-state index contributed by atoms with van der Waals surface area (Å²) in [6.45, 7) is 11.7. The van der Waals surface area contributed by atoms with Crippen LogP contribution in [-0.2, 0) is 9.53 Å². The molecule has 0 radical (unpaired) electrons. The van der Waals surface area contributed by atoms with Crippen LogP contribution < -0.4 is 5.32 Å². The number of rotatable bonds is 7. The van der Waals surface area contributed by atoms with E-state index in [9.17, 15) is 4.79 Å². The number of hydrogen-bond acceptors (Lipinski definition) is 3. The summed E-state index contributed by atoms with van der Waals surface area (Å²) in [5.41, 5.74) is 1.28. The van der Waals surface area contributed by atoms with Crippen LogP contribution in [-0.4, -0.2) is 19.1 Å². The van der Waals surface area contributed by atoms with E-state index in [1.807, 2.05) is 25.2 Å². The molecule has 0 aromatic carbocycles. The van der Waals surface area contributed by atoms with Crippen molar-refractivity contribution in [3.05, 3.63) is 48.7 Å². The minimum absolute atomic E-state index is 0.363. The molecule has 0 aromatic heterocycles. The van der Waals surface area contributed by atoms with Gasteiger partial charge < -0.3 is 10.1 Å². The molecule has 0 heterocycles. The number of hydrogen-bond donors (Lipinski definition) is 1. The van der Waals surface area contributed by atoms with E-state index >= 15 is 0 Å². The monoisotopic (exact) mass is 221 g/mol. The van der Waals surface area contributed by atoms with Gasteiger partial charge in [0.05, 0.1) is 6.61 Å². The van der Waals surface area contributed by atoms with Crippen molar-refractivity contribution in [1.29, 1.82) is 0 Å². The summed E-state index contributed by atoms with van der Waals surface area (Å²) in [4.78, 5) is 11.3. The van der Waals surface area contributed by atoms with Crippen LogP contribution >= 0.6 is 0 Å². The average molecular weight is 221 g/mol. The second-order valence-electron chi connectivity index (χ2n) is 3.04. The predicted molar refractivity (Wildman–Crippen MR) is 66.9 cm³/mol. The van der Waals surface area contributed by atoms with Crippen molar-refractivity contribution in [2.45, 2.75) is 13.8 Å². The average Bonchev–Trinajstić information content (AvgIpc) is 2.26. The molecular formula is C13H19NO2. The van der Waals surface area contributed by atoms with Crippen LogP contribution in [0.4, 0.5) is 0 Å². The standard InChI is InChI=1S/C13H19NO2/c1-5-8-12(9-6-2)14-10-11(4)13(15)16-7-3/h5-6,8-9,14H,1,4,7,10H2,2-3H3/b9-6-,12-8+. The molecule has 0 amide bonds. The van der Waals surface area contributed by atoms with E-state index in [1.54, 1.807) is 13.0 Å². The Kier molecular flexibility index (Phi) is 7.59. The lowest BCUT2D eigenvalue weighted by atomic mass is 10.3. The van der Waals surface area contributed by atoms with Gasteiger partial charge in [-0.3, -0.25) is 0 Å². The van der Waals surface area contributed by atoms with Gasteiger partial charge in [-0.2, -0.15) is 0 Å². The van der Waals surface area contributed by atoms with Crippen molar-refractivity contribution in [3.8, 4) is 0 Å². The van der Waals surface area contributed by atoms with Gasteiger partial charge in [-0.1, -0.05) is 25.3 Å². The molecule has 0 fully saturated rings. The van der Waals surface area contributed by atoms with Gasteiger partial charge in [0, 0.05) is 17.8 Å². The molecular weight excluding hydrogens is 202 g/mol. The molecule has 0 unspecified atom stereocenters. The highest BCUT2D eigenvalue weighted by atomic mass is 16.5. The molecule has 0 spiro atoms. The van der Waals surface area contributed by atoms with Crippen LogP contribution in [0, 0.1) is 0 Å². The summed E-state index contributed by atoms with van der Waals surface area (Å²) in [7, 11) is 0. The lowest BCUT2D eigenvalue weighted by Crippen LogP contribution is -2.20. The molecule has 16 heavy (non-hydrogen) atoms. The van der Waals surface area contributed by atoms with Gasteiger partial charge in [0.25, 0.3) is 0 Å². The van der Waals surface area contributed by atoms with Crippen LogP contribution in [0.1, 0.15) is 13.8 Å².